The lowest BCUT2D eigenvalue weighted by molar-refractivity contribution is 0.332. The second kappa shape index (κ2) is 8.05. The van der Waals surface area contributed by atoms with Crippen molar-refractivity contribution in [2.24, 2.45) is 0 Å². The van der Waals surface area contributed by atoms with E-state index in [1.807, 2.05) is 37.4 Å². The highest BCUT2D eigenvalue weighted by atomic mass is 32.2. The van der Waals surface area contributed by atoms with Gasteiger partial charge in [-0.2, -0.15) is 5.26 Å². The van der Waals surface area contributed by atoms with Gasteiger partial charge in [0.05, 0.1) is 17.9 Å². The van der Waals surface area contributed by atoms with Gasteiger partial charge in [0.25, 0.3) is 0 Å². The predicted molar refractivity (Wildman–Crippen MR) is 120 cm³/mol. The zero-order chi connectivity index (χ0) is 21.3. The van der Waals surface area contributed by atoms with Gasteiger partial charge in [-0.1, -0.05) is 12.1 Å². The van der Waals surface area contributed by atoms with Crippen LogP contribution in [0.3, 0.4) is 0 Å². The maximum Gasteiger partial charge on any atom is 0.211 e. The van der Waals surface area contributed by atoms with Crippen LogP contribution in [-0.2, 0) is 10.0 Å². The van der Waals surface area contributed by atoms with E-state index in [1.54, 1.807) is 10.5 Å². The largest absolute Gasteiger partial charge is 0.382 e. The van der Waals surface area contributed by atoms with Crippen molar-refractivity contribution in [1.82, 2.24) is 9.29 Å². The van der Waals surface area contributed by atoms with Crippen LogP contribution in [-0.4, -0.2) is 43.1 Å². The number of hydrogen-bond donors (Lipinski definition) is 1. The Morgan fingerprint density at radius 3 is 2.57 bits per heavy atom. The van der Waals surface area contributed by atoms with Crippen molar-refractivity contribution in [2.45, 2.75) is 25.8 Å². The molecule has 1 aliphatic rings. The molecule has 0 unspecified atom stereocenters. The number of hydrogen-bond acceptors (Lipinski definition) is 5. The normalized spacial score (nSPS) is 15.8. The Morgan fingerprint density at radius 1 is 1.13 bits per heavy atom. The second-order valence-corrected chi connectivity index (χ2v) is 9.83. The summed E-state index contributed by atoms with van der Waals surface area (Å²) >= 11 is 0. The van der Waals surface area contributed by atoms with Crippen molar-refractivity contribution in [2.75, 3.05) is 24.7 Å². The molecule has 6 nitrogen and oxygen atoms in total. The molecule has 2 aromatic carbocycles. The van der Waals surface area contributed by atoms with Crippen molar-refractivity contribution in [1.29, 1.82) is 5.26 Å². The van der Waals surface area contributed by atoms with Crippen LogP contribution in [0.15, 0.2) is 48.8 Å². The Labute approximate surface area is 177 Å². The Hall–Kier alpha value is -2.95. The molecule has 0 atom stereocenters. The van der Waals surface area contributed by atoms with Crippen molar-refractivity contribution >= 4 is 26.5 Å². The molecule has 1 N–H and O–H groups in total. The molecule has 1 fully saturated rings. The zero-order valence-corrected chi connectivity index (χ0v) is 17.9. The van der Waals surface area contributed by atoms with Crippen LogP contribution in [0.2, 0.25) is 0 Å². The van der Waals surface area contributed by atoms with E-state index in [-0.39, 0.29) is 6.04 Å². The quantitative estimate of drug-likeness (QED) is 0.691. The van der Waals surface area contributed by atoms with E-state index in [0.717, 1.165) is 46.0 Å². The monoisotopic (exact) mass is 420 g/mol. The molecule has 2 heterocycles. The number of nitrogens with one attached hydrogen (secondary N) is 1. The molecular weight excluding hydrogens is 396 g/mol. The molecule has 0 spiro atoms. The van der Waals surface area contributed by atoms with Gasteiger partial charge >= 0.3 is 0 Å². The van der Waals surface area contributed by atoms with Crippen LogP contribution >= 0.6 is 0 Å². The first kappa shape index (κ1) is 20.3. The summed E-state index contributed by atoms with van der Waals surface area (Å²) in [6.45, 7) is 3.00. The minimum atomic E-state index is -3.14. The van der Waals surface area contributed by atoms with Gasteiger partial charge in [0, 0.05) is 42.6 Å². The number of piperidine rings is 1. The fourth-order valence-electron chi connectivity index (χ4n) is 4.01. The fraction of sp³-hybridized carbons (Fsp3) is 0.304. The Balaban J connectivity index is 1.66. The molecule has 0 radical (unpaired) electrons. The molecule has 1 aliphatic heterocycles. The number of pyridine rings is 1. The van der Waals surface area contributed by atoms with Gasteiger partial charge in [0.15, 0.2) is 0 Å². The van der Waals surface area contributed by atoms with E-state index in [4.69, 9.17) is 0 Å². The van der Waals surface area contributed by atoms with E-state index < -0.39 is 10.0 Å². The molecule has 154 valence electrons. The highest BCUT2D eigenvalue weighted by Gasteiger charge is 2.25. The lowest BCUT2D eigenvalue weighted by Crippen LogP contribution is -2.41. The molecule has 30 heavy (non-hydrogen) atoms. The third kappa shape index (κ3) is 4.16. The number of benzene rings is 2. The number of fused-ring (bicyclic) bond motifs is 1. The topological polar surface area (TPSA) is 86.1 Å². The summed E-state index contributed by atoms with van der Waals surface area (Å²) in [6.07, 6.45) is 6.43. The van der Waals surface area contributed by atoms with Crippen LogP contribution in [0.5, 0.6) is 0 Å². The molecule has 0 saturated carbocycles. The first-order valence-corrected chi connectivity index (χ1v) is 11.8. The summed E-state index contributed by atoms with van der Waals surface area (Å²) in [5.74, 6) is 0. The lowest BCUT2D eigenvalue weighted by Gasteiger charge is -2.31. The van der Waals surface area contributed by atoms with Gasteiger partial charge in [-0.05, 0) is 66.1 Å². The first-order chi connectivity index (χ1) is 14.3. The molecule has 7 heteroatoms. The number of rotatable bonds is 4. The number of anilines is 1. The van der Waals surface area contributed by atoms with E-state index >= 15 is 0 Å². The molecule has 0 aliphatic carbocycles. The highest BCUT2D eigenvalue weighted by molar-refractivity contribution is 7.88. The molecular formula is C23H24N4O2S. The van der Waals surface area contributed by atoms with Crippen molar-refractivity contribution < 1.29 is 8.42 Å². The minimum absolute atomic E-state index is 0.198. The summed E-state index contributed by atoms with van der Waals surface area (Å²) in [5, 5.41) is 15.0. The average Bonchev–Trinajstić information content (AvgIpc) is 2.73. The van der Waals surface area contributed by atoms with Gasteiger partial charge in [0.2, 0.25) is 10.0 Å². The number of aryl methyl sites for hydroxylation is 1. The number of aromatic nitrogens is 1. The van der Waals surface area contributed by atoms with Crippen molar-refractivity contribution in [3.8, 4) is 17.2 Å². The van der Waals surface area contributed by atoms with Gasteiger partial charge < -0.3 is 5.32 Å². The first-order valence-electron chi connectivity index (χ1n) is 9.96. The van der Waals surface area contributed by atoms with E-state index in [2.05, 4.69) is 28.5 Å². The highest BCUT2D eigenvalue weighted by Crippen LogP contribution is 2.32. The van der Waals surface area contributed by atoms with Gasteiger partial charge in [-0.15, -0.1) is 0 Å². The third-order valence-electron chi connectivity index (χ3n) is 5.72. The minimum Gasteiger partial charge on any atom is -0.382 e. The third-order valence-corrected chi connectivity index (χ3v) is 7.02. The van der Waals surface area contributed by atoms with Crippen LogP contribution < -0.4 is 5.32 Å². The molecule has 0 amide bonds. The Kier molecular flexibility index (Phi) is 5.46. The lowest BCUT2D eigenvalue weighted by atomic mass is 9.97. The summed E-state index contributed by atoms with van der Waals surface area (Å²) in [6, 6.07) is 14.5. The Bertz CT molecular complexity index is 1240. The van der Waals surface area contributed by atoms with E-state index in [1.165, 1.54) is 6.26 Å². The molecule has 0 bridgehead atoms. The molecule has 4 rings (SSSR count). The standard InChI is InChI=1S/C23H24N4O2S/c1-16-11-17(3-4-19(16)14-24)20-12-18-5-8-25-15-22(18)23(13-20)26-21-6-9-27(10-7-21)30(2,28)29/h3-5,8,11-13,15,21,26H,6-7,9-10H2,1-2H3. The van der Waals surface area contributed by atoms with Gasteiger partial charge in [0.1, 0.15) is 0 Å². The maximum absolute atomic E-state index is 11.8. The van der Waals surface area contributed by atoms with Crippen molar-refractivity contribution in [3.63, 3.8) is 0 Å². The Morgan fingerprint density at radius 2 is 1.90 bits per heavy atom. The number of sulfonamides is 1. The van der Waals surface area contributed by atoms with Crippen LogP contribution in [0.4, 0.5) is 5.69 Å². The van der Waals surface area contributed by atoms with Crippen LogP contribution in [0.25, 0.3) is 21.9 Å². The molecule has 1 saturated heterocycles. The van der Waals surface area contributed by atoms with Crippen LogP contribution in [0, 0.1) is 18.3 Å². The summed E-state index contributed by atoms with van der Waals surface area (Å²) in [7, 11) is -3.14. The second-order valence-electron chi connectivity index (χ2n) is 7.84. The number of nitriles is 1. The van der Waals surface area contributed by atoms with Gasteiger partial charge in [-0.3, -0.25) is 4.98 Å². The molecule has 1 aromatic heterocycles. The van der Waals surface area contributed by atoms with Gasteiger partial charge in [-0.25, -0.2) is 12.7 Å². The maximum atomic E-state index is 11.8. The van der Waals surface area contributed by atoms with E-state index in [0.29, 0.717) is 18.7 Å². The molecule has 3 aromatic rings. The SMILES string of the molecule is Cc1cc(-c2cc(NC3CCN(S(C)(=O)=O)CC3)c3cnccc3c2)ccc1C#N. The average molecular weight is 421 g/mol. The summed E-state index contributed by atoms with van der Waals surface area (Å²) in [4.78, 5) is 4.29. The fourth-order valence-corrected chi connectivity index (χ4v) is 4.88. The summed E-state index contributed by atoms with van der Waals surface area (Å²) < 4.78 is 25.1. The van der Waals surface area contributed by atoms with Crippen molar-refractivity contribution in [3.05, 3.63) is 59.9 Å². The smallest absolute Gasteiger partial charge is 0.211 e. The van der Waals surface area contributed by atoms with E-state index in [9.17, 15) is 13.7 Å². The summed E-state index contributed by atoms with van der Waals surface area (Å²) in [5.41, 5.74) is 4.75. The van der Waals surface area contributed by atoms with Crippen LogP contribution in [0.1, 0.15) is 24.0 Å². The zero-order valence-electron chi connectivity index (χ0n) is 17.1. The predicted octanol–water partition coefficient (Wildman–Crippen LogP) is 3.92. The number of nitrogens with zero attached hydrogens (tertiary/aromatic N) is 3.